The van der Waals surface area contributed by atoms with E-state index in [1.165, 1.54) is 17.3 Å². The van der Waals surface area contributed by atoms with E-state index in [1.54, 1.807) is 4.57 Å². The Bertz CT molecular complexity index is 618. The van der Waals surface area contributed by atoms with Crippen molar-refractivity contribution in [3.8, 4) is 0 Å². The van der Waals surface area contributed by atoms with Crippen LogP contribution in [0.4, 0.5) is 0 Å². The summed E-state index contributed by atoms with van der Waals surface area (Å²) in [4.78, 5) is 12.7. The van der Waals surface area contributed by atoms with E-state index in [2.05, 4.69) is 41.5 Å². The third-order valence-corrected chi connectivity index (χ3v) is 4.03. The monoisotopic (exact) mass is 292 g/mol. The Morgan fingerprint density at radius 1 is 1.40 bits per heavy atom. The second-order valence-electron chi connectivity index (χ2n) is 4.80. The van der Waals surface area contributed by atoms with Crippen molar-refractivity contribution in [2.45, 2.75) is 50.0 Å². The van der Waals surface area contributed by atoms with Gasteiger partial charge >= 0.3 is 5.69 Å². The quantitative estimate of drug-likeness (QED) is 0.857. The molecule has 6 heteroatoms. The average molecular weight is 292 g/mol. The van der Waals surface area contributed by atoms with Gasteiger partial charge in [0.1, 0.15) is 0 Å². The number of hydrogen-bond acceptors (Lipinski definition) is 4. The van der Waals surface area contributed by atoms with Crippen molar-refractivity contribution in [1.82, 2.24) is 20.1 Å². The highest BCUT2D eigenvalue weighted by molar-refractivity contribution is 7.99. The fourth-order valence-electron chi connectivity index (χ4n) is 1.82. The first-order valence-corrected chi connectivity index (χ1v) is 7.57. The second-order valence-corrected chi connectivity index (χ2v) is 5.81. The highest BCUT2D eigenvalue weighted by Gasteiger charge is 2.11. The van der Waals surface area contributed by atoms with E-state index in [0.29, 0.717) is 17.7 Å². The van der Waals surface area contributed by atoms with E-state index < -0.39 is 0 Å². The lowest BCUT2D eigenvalue weighted by Gasteiger charge is -2.12. The normalized spacial score (nSPS) is 11.2. The van der Waals surface area contributed by atoms with Crippen molar-refractivity contribution in [3.05, 3.63) is 40.3 Å². The predicted molar refractivity (Wildman–Crippen MR) is 81.1 cm³/mol. The van der Waals surface area contributed by atoms with Crippen molar-refractivity contribution in [2.75, 3.05) is 0 Å². The molecule has 1 heterocycles. The molecular formula is C14H20N4OS. The van der Waals surface area contributed by atoms with Crippen LogP contribution in [0.3, 0.4) is 0 Å². The lowest BCUT2D eigenvalue weighted by atomic mass is 10.2. The molecule has 2 rings (SSSR count). The Morgan fingerprint density at radius 3 is 2.85 bits per heavy atom. The van der Waals surface area contributed by atoms with Crippen LogP contribution in [0.15, 0.2) is 39.1 Å². The third-order valence-electron chi connectivity index (χ3n) is 2.91. The van der Waals surface area contributed by atoms with E-state index in [0.717, 1.165) is 11.4 Å². The molecule has 0 spiro atoms. The van der Waals surface area contributed by atoms with E-state index >= 15 is 0 Å². The number of rotatable bonds is 6. The molecule has 0 aliphatic carbocycles. The van der Waals surface area contributed by atoms with Crippen LogP contribution in [0.25, 0.3) is 0 Å². The van der Waals surface area contributed by atoms with E-state index in [4.69, 9.17) is 0 Å². The summed E-state index contributed by atoms with van der Waals surface area (Å²) in [6, 6.07) is 8.62. The van der Waals surface area contributed by atoms with Gasteiger partial charge in [0, 0.05) is 24.0 Å². The minimum Gasteiger partial charge on any atom is -0.310 e. The summed E-state index contributed by atoms with van der Waals surface area (Å²) in [6.07, 6.45) is 0. The first-order valence-electron chi connectivity index (χ1n) is 6.76. The van der Waals surface area contributed by atoms with Crippen LogP contribution in [0.1, 0.15) is 26.3 Å². The molecule has 5 nitrogen and oxygen atoms in total. The highest BCUT2D eigenvalue weighted by Crippen LogP contribution is 2.28. The Hall–Kier alpha value is -1.53. The molecule has 0 unspecified atom stereocenters. The van der Waals surface area contributed by atoms with Crippen LogP contribution in [-0.4, -0.2) is 20.8 Å². The molecule has 2 N–H and O–H groups in total. The molecule has 0 fully saturated rings. The molecule has 1 aromatic heterocycles. The number of nitrogens with one attached hydrogen (secondary N) is 2. The van der Waals surface area contributed by atoms with Crippen molar-refractivity contribution in [2.24, 2.45) is 0 Å². The maximum absolute atomic E-state index is 11.6. The molecule has 1 aromatic carbocycles. The fraction of sp³-hybridized carbons (Fsp3) is 0.429. The van der Waals surface area contributed by atoms with Gasteiger partial charge in [-0.15, -0.1) is 5.10 Å². The summed E-state index contributed by atoms with van der Waals surface area (Å²) >= 11 is 1.52. The molecule has 108 valence electrons. The Balaban J connectivity index is 2.22. The minimum absolute atomic E-state index is 0.159. The van der Waals surface area contributed by atoms with Gasteiger partial charge in [0.2, 0.25) is 0 Å². The molecule has 0 atom stereocenters. The van der Waals surface area contributed by atoms with Gasteiger partial charge in [-0.25, -0.2) is 9.89 Å². The van der Waals surface area contributed by atoms with Gasteiger partial charge in [-0.2, -0.15) is 0 Å². The molecule has 0 aliphatic rings. The van der Waals surface area contributed by atoms with Gasteiger partial charge in [-0.1, -0.05) is 32.0 Å². The minimum atomic E-state index is -0.159. The van der Waals surface area contributed by atoms with Crippen LogP contribution in [0, 0.1) is 0 Å². The maximum atomic E-state index is 11.6. The summed E-state index contributed by atoms with van der Waals surface area (Å²) in [5.74, 6) is 0. The number of aromatic amines is 1. The Kier molecular flexibility index (Phi) is 5.03. The smallest absolute Gasteiger partial charge is 0.310 e. The first-order chi connectivity index (χ1) is 9.61. The van der Waals surface area contributed by atoms with Gasteiger partial charge in [-0.05, 0) is 30.3 Å². The molecule has 0 aliphatic heterocycles. The summed E-state index contributed by atoms with van der Waals surface area (Å²) in [6.45, 7) is 7.61. The number of H-pyrrole nitrogens is 1. The van der Waals surface area contributed by atoms with E-state index in [9.17, 15) is 4.79 Å². The predicted octanol–water partition coefficient (Wildman–Crippen LogP) is 2.24. The standard InChI is InChI=1S/C14H20N4OS/c1-4-18-13(19)16-17-14(18)20-12-8-6-5-7-11(12)9-15-10(2)3/h5-8,10,15H,4,9H2,1-3H3,(H,16,19). The largest absolute Gasteiger partial charge is 0.343 e. The number of aromatic nitrogens is 3. The lowest BCUT2D eigenvalue weighted by Crippen LogP contribution is -2.22. The van der Waals surface area contributed by atoms with Crippen LogP contribution in [0.2, 0.25) is 0 Å². The molecule has 0 amide bonds. The zero-order chi connectivity index (χ0) is 14.5. The van der Waals surface area contributed by atoms with E-state index in [-0.39, 0.29) is 5.69 Å². The number of benzene rings is 1. The van der Waals surface area contributed by atoms with Gasteiger partial charge < -0.3 is 5.32 Å². The molecule has 0 saturated heterocycles. The van der Waals surface area contributed by atoms with Crippen molar-refractivity contribution in [3.63, 3.8) is 0 Å². The molecule has 2 aromatic rings. The second kappa shape index (κ2) is 6.76. The first kappa shape index (κ1) is 14.9. The molecule has 20 heavy (non-hydrogen) atoms. The van der Waals surface area contributed by atoms with Gasteiger partial charge in [0.25, 0.3) is 0 Å². The van der Waals surface area contributed by atoms with Crippen molar-refractivity contribution < 1.29 is 0 Å². The maximum Gasteiger partial charge on any atom is 0.343 e. The Labute approximate surface area is 122 Å². The zero-order valence-electron chi connectivity index (χ0n) is 12.0. The SMILES string of the molecule is CCn1c(Sc2ccccc2CNC(C)C)n[nH]c1=O. The average Bonchev–Trinajstić information content (AvgIpc) is 2.78. The topological polar surface area (TPSA) is 62.7 Å². The van der Waals surface area contributed by atoms with Crippen molar-refractivity contribution in [1.29, 1.82) is 0 Å². The Morgan fingerprint density at radius 2 is 2.15 bits per heavy atom. The molecule has 0 saturated carbocycles. The van der Waals surface area contributed by atoms with Gasteiger partial charge in [-0.3, -0.25) is 4.57 Å². The van der Waals surface area contributed by atoms with E-state index in [1.807, 2.05) is 19.1 Å². The third kappa shape index (κ3) is 3.52. The summed E-state index contributed by atoms with van der Waals surface area (Å²) in [5, 5.41) is 10.7. The number of hydrogen-bond donors (Lipinski definition) is 2. The molecule has 0 radical (unpaired) electrons. The molecular weight excluding hydrogens is 272 g/mol. The lowest BCUT2D eigenvalue weighted by molar-refractivity contribution is 0.584. The fourth-order valence-corrected chi connectivity index (χ4v) is 2.85. The van der Waals surface area contributed by atoms with Crippen LogP contribution < -0.4 is 11.0 Å². The van der Waals surface area contributed by atoms with Crippen molar-refractivity contribution >= 4 is 11.8 Å². The zero-order valence-corrected chi connectivity index (χ0v) is 12.8. The van der Waals surface area contributed by atoms with Crippen LogP contribution in [-0.2, 0) is 13.1 Å². The highest BCUT2D eigenvalue weighted by atomic mass is 32.2. The van der Waals surface area contributed by atoms with Crippen LogP contribution in [0.5, 0.6) is 0 Å². The summed E-state index contributed by atoms with van der Waals surface area (Å²) < 4.78 is 1.64. The number of nitrogens with zero attached hydrogens (tertiary/aromatic N) is 2. The summed E-state index contributed by atoms with van der Waals surface area (Å²) in [5.41, 5.74) is 1.05. The van der Waals surface area contributed by atoms with Crippen LogP contribution >= 0.6 is 11.8 Å². The van der Waals surface area contributed by atoms with Gasteiger partial charge in [0.05, 0.1) is 0 Å². The molecule has 0 bridgehead atoms. The summed E-state index contributed by atoms with van der Waals surface area (Å²) in [7, 11) is 0. The van der Waals surface area contributed by atoms with Gasteiger partial charge in [0.15, 0.2) is 5.16 Å².